The van der Waals surface area contributed by atoms with Crippen LogP contribution in [-0.4, -0.2) is 23.7 Å². The van der Waals surface area contributed by atoms with E-state index < -0.39 is 0 Å². The van der Waals surface area contributed by atoms with E-state index in [1.165, 1.54) is 0 Å². The summed E-state index contributed by atoms with van der Waals surface area (Å²) in [7, 11) is 0. The number of hydrogen-bond acceptors (Lipinski definition) is 2. The molecule has 94 valence electrons. The third-order valence-corrected chi connectivity index (χ3v) is 2.76. The van der Waals surface area contributed by atoms with Crippen molar-refractivity contribution >= 4 is 17.5 Å². The zero-order chi connectivity index (χ0) is 12.7. The normalized spacial score (nSPS) is 12.2. The van der Waals surface area contributed by atoms with Gasteiger partial charge in [-0.15, -0.1) is 11.6 Å². The molecule has 0 bridgehead atoms. The first-order chi connectivity index (χ1) is 8.13. The summed E-state index contributed by atoms with van der Waals surface area (Å²) in [6.07, 6.45) is 1.17. The molecule has 0 heterocycles. The van der Waals surface area contributed by atoms with E-state index >= 15 is 0 Å². The average Bonchev–Trinajstić information content (AvgIpc) is 2.34. The SMILES string of the molecule is CC(O)CCCNC(=O)c1ccc(CCl)cc1. The van der Waals surface area contributed by atoms with Crippen molar-refractivity contribution in [3.8, 4) is 0 Å². The van der Waals surface area contributed by atoms with Gasteiger partial charge in [-0.25, -0.2) is 0 Å². The summed E-state index contributed by atoms with van der Waals surface area (Å²) in [5.41, 5.74) is 1.63. The van der Waals surface area contributed by atoms with Gasteiger partial charge in [-0.2, -0.15) is 0 Å². The molecule has 0 aliphatic rings. The maximum absolute atomic E-state index is 11.7. The molecule has 0 spiro atoms. The molecule has 1 unspecified atom stereocenters. The first-order valence-electron chi connectivity index (χ1n) is 5.74. The Morgan fingerprint density at radius 3 is 2.59 bits per heavy atom. The second-order valence-corrected chi connectivity index (χ2v) is 4.34. The smallest absolute Gasteiger partial charge is 0.251 e. The molecule has 0 radical (unpaired) electrons. The molecule has 1 rings (SSSR count). The fraction of sp³-hybridized carbons (Fsp3) is 0.462. The molecule has 0 aromatic heterocycles. The van der Waals surface area contributed by atoms with Crippen molar-refractivity contribution in [2.45, 2.75) is 31.7 Å². The van der Waals surface area contributed by atoms with Crippen LogP contribution in [0.2, 0.25) is 0 Å². The molecule has 2 N–H and O–H groups in total. The average molecular weight is 256 g/mol. The Morgan fingerprint density at radius 1 is 1.41 bits per heavy atom. The van der Waals surface area contributed by atoms with E-state index in [9.17, 15) is 4.79 Å². The predicted octanol–water partition coefficient (Wildman–Crippen LogP) is 2.32. The molecule has 0 saturated carbocycles. The predicted molar refractivity (Wildman–Crippen MR) is 69.2 cm³/mol. The van der Waals surface area contributed by atoms with E-state index in [1.807, 2.05) is 12.1 Å². The summed E-state index contributed by atoms with van der Waals surface area (Å²) in [6, 6.07) is 7.22. The van der Waals surface area contributed by atoms with E-state index in [0.717, 1.165) is 12.0 Å². The van der Waals surface area contributed by atoms with E-state index in [0.29, 0.717) is 24.4 Å². The van der Waals surface area contributed by atoms with Gasteiger partial charge in [-0.05, 0) is 37.5 Å². The number of carbonyl (C=O) groups excluding carboxylic acids is 1. The Hall–Kier alpha value is -1.06. The van der Waals surface area contributed by atoms with Crippen LogP contribution in [0, 0.1) is 0 Å². The molecule has 0 aliphatic heterocycles. The van der Waals surface area contributed by atoms with E-state index in [1.54, 1.807) is 19.1 Å². The van der Waals surface area contributed by atoms with Crippen molar-refractivity contribution < 1.29 is 9.90 Å². The highest BCUT2D eigenvalue weighted by molar-refractivity contribution is 6.17. The quantitative estimate of drug-likeness (QED) is 0.605. The molecule has 1 amide bonds. The third kappa shape index (κ3) is 5.20. The highest BCUT2D eigenvalue weighted by Gasteiger charge is 2.04. The second-order valence-electron chi connectivity index (χ2n) is 4.08. The van der Waals surface area contributed by atoms with Crippen LogP contribution >= 0.6 is 11.6 Å². The zero-order valence-corrected chi connectivity index (χ0v) is 10.7. The standard InChI is InChI=1S/C13H18ClNO2/c1-10(16)3-2-8-15-13(17)12-6-4-11(9-14)5-7-12/h4-7,10,16H,2-3,8-9H2,1H3,(H,15,17). The number of benzene rings is 1. The van der Waals surface area contributed by atoms with Crippen LogP contribution in [0.15, 0.2) is 24.3 Å². The van der Waals surface area contributed by atoms with Crippen molar-refractivity contribution in [2.24, 2.45) is 0 Å². The van der Waals surface area contributed by atoms with Crippen molar-refractivity contribution in [2.75, 3.05) is 6.54 Å². The van der Waals surface area contributed by atoms with Gasteiger partial charge in [0.05, 0.1) is 6.10 Å². The van der Waals surface area contributed by atoms with Crippen LogP contribution in [0.4, 0.5) is 0 Å². The van der Waals surface area contributed by atoms with E-state index in [4.69, 9.17) is 16.7 Å². The molecule has 4 heteroatoms. The minimum atomic E-state index is -0.310. The number of amides is 1. The lowest BCUT2D eigenvalue weighted by atomic mass is 10.1. The number of aliphatic hydroxyl groups is 1. The second kappa shape index (κ2) is 7.30. The summed E-state index contributed by atoms with van der Waals surface area (Å²) in [6.45, 7) is 2.33. The number of alkyl halides is 1. The number of carbonyl (C=O) groups is 1. The molecule has 0 fully saturated rings. The zero-order valence-electron chi connectivity index (χ0n) is 9.95. The fourth-order valence-electron chi connectivity index (χ4n) is 1.45. The van der Waals surface area contributed by atoms with Gasteiger partial charge < -0.3 is 10.4 Å². The van der Waals surface area contributed by atoms with Crippen molar-refractivity contribution in [1.82, 2.24) is 5.32 Å². The Kier molecular flexibility index (Phi) is 6.01. The van der Waals surface area contributed by atoms with Crippen molar-refractivity contribution in [3.63, 3.8) is 0 Å². The van der Waals surface area contributed by atoms with Gasteiger partial charge in [-0.1, -0.05) is 12.1 Å². The Balaban J connectivity index is 2.36. The molecule has 3 nitrogen and oxygen atoms in total. The minimum absolute atomic E-state index is 0.0864. The van der Waals surface area contributed by atoms with Gasteiger partial charge in [0.1, 0.15) is 0 Å². The van der Waals surface area contributed by atoms with Gasteiger partial charge in [0, 0.05) is 18.0 Å². The highest BCUT2D eigenvalue weighted by atomic mass is 35.5. The summed E-state index contributed by atoms with van der Waals surface area (Å²) in [5, 5.41) is 11.9. The Labute approximate surface area is 107 Å². The van der Waals surface area contributed by atoms with E-state index in [2.05, 4.69) is 5.32 Å². The number of aliphatic hydroxyl groups excluding tert-OH is 1. The number of halogens is 1. The fourth-order valence-corrected chi connectivity index (χ4v) is 1.62. The van der Waals surface area contributed by atoms with Crippen LogP contribution in [0.5, 0.6) is 0 Å². The van der Waals surface area contributed by atoms with Crippen LogP contribution < -0.4 is 5.32 Å². The van der Waals surface area contributed by atoms with Gasteiger partial charge in [0.15, 0.2) is 0 Å². The summed E-state index contributed by atoms with van der Waals surface area (Å²) >= 11 is 5.67. The summed E-state index contributed by atoms with van der Waals surface area (Å²) in [4.78, 5) is 11.7. The van der Waals surface area contributed by atoms with Crippen LogP contribution in [0.25, 0.3) is 0 Å². The molecular formula is C13H18ClNO2. The summed E-state index contributed by atoms with van der Waals surface area (Å²) in [5.74, 6) is 0.368. The maximum atomic E-state index is 11.7. The maximum Gasteiger partial charge on any atom is 0.251 e. The lowest BCUT2D eigenvalue weighted by Crippen LogP contribution is -2.25. The van der Waals surface area contributed by atoms with Crippen molar-refractivity contribution in [1.29, 1.82) is 0 Å². The molecule has 17 heavy (non-hydrogen) atoms. The first-order valence-corrected chi connectivity index (χ1v) is 6.28. The Morgan fingerprint density at radius 2 is 2.06 bits per heavy atom. The molecule has 1 atom stereocenters. The molecular weight excluding hydrogens is 238 g/mol. The largest absolute Gasteiger partial charge is 0.393 e. The number of nitrogens with one attached hydrogen (secondary N) is 1. The lowest BCUT2D eigenvalue weighted by Gasteiger charge is -2.06. The van der Waals surface area contributed by atoms with E-state index in [-0.39, 0.29) is 12.0 Å². The third-order valence-electron chi connectivity index (χ3n) is 2.45. The summed E-state index contributed by atoms with van der Waals surface area (Å²) < 4.78 is 0. The minimum Gasteiger partial charge on any atom is -0.393 e. The topological polar surface area (TPSA) is 49.3 Å². The van der Waals surface area contributed by atoms with Crippen molar-refractivity contribution in [3.05, 3.63) is 35.4 Å². The monoisotopic (exact) mass is 255 g/mol. The van der Waals surface area contributed by atoms with Crippen LogP contribution in [0.3, 0.4) is 0 Å². The number of rotatable bonds is 6. The molecule has 0 saturated heterocycles. The number of hydrogen-bond donors (Lipinski definition) is 2. The highest BCUT2D eigenvalue weighted by Crippen LogP contribution is 2.06. The molecule has 0 aliphatic carbocycles. The first kappa shape index (κ1) is 14.0. The van der Waals surface area contributed by atoms with Gasteiger partial charge in [-0.3, -0.25) is 4.79 Å². The Bertz CT molecular complexity index is 349. The van der Waals surface area contributed by atoms with Crippen LogP contribution in [0.1, 0.15) is 35.7 Å². The molecule has 1 aromatic carbocycles. The van der Waals surface area contributed by atoms with Gasteiger partial charge >= 0.3 is 0 Å². The van der Waals surface area contributed by atoms with Gasteiger partial charge in [0.2, 0.25) is 0 Å². The van der Waals surface area contributed by atoms with Gasteiger partial charge in [0.25, 0.3) is 5.91 Å². The lowest BCUT2D eigenvalue weighted by molar-refractivity contribution is 0.0949. The molecule has 1 aromatic rings. The van der Waals surface area contributed by atoms with Crippen LogP contribution in [-0.2, 0) is 5.88 Å².